The molecule has 0 amide bonds. The molecule has 0 radical (unpaired) electrons. The maximum atomic E-state index is 4.79. The highest BCUT2D eigenvalue weighted by atomic mass is 35.5. The van der Waals surface area contributed by atoms with E-state index < -0.39 is 0 Å². The molecule has 1 saturated heterocycles. The Morgan fingerprint density at radius 3 is 2.33 bits per heavy atom. The molecule has 1 aliphatic carbocycles. The zero-order valence-electron chi connectivity index (χ0n) is 11.9. The van der Waals surface area contributed by atoms with E-state index in [0.29, 0.717) is 0 Å². The quantitative estimate of drug-likeness (QED) is 0.850. The predicted molar refractivity (Wildman–Crippen MR) is 88.3 cm³/mol. The molecule has 2 fully saturated rings. The van der Waals surface area contributed by atoms with E-state index in [1.54, 1.807) is 0 Å². The number of pyridine rings is 1. The fraction of sp³-hybridized carbons (Fsp3) is 0.438. The second-order valence-corrected chi connectivity index (χ2v) is 5.62. The van der Waals surface area contributed by atoms with Gasteiger partial charge in [-0.15, -0.1) is 12.4 Å². The number of para-hydroxylation sites is 1. The standard InChI is InChI=1S/C16H19N3.ClH.FH/c1-2-4-15-13(3-1)5-8-16(17-15)19-11-9-18(10-12-19)14-6-7-14;;/h1-5,8,14H,6-7,9-12H2;2*1H. The molecule has 0 N–H and O–H groups in total. The molecule has 2 heterocycles. The minimum atomic E-state index is 0. The van der Waals surface area contributed by atoms with Crippen LogP contribution in [0.3, 0.4) is 0 Å². The lowest BCUT2D eigenvalue weighted by molar-refractivity contribution is 0.247. The molecule has 21 heavy (non-hydrogen) atoms. The molecule has 0 unspecified atom stereocenters. The first kappa shape index (κ1) is 16.0. The van der Waals surface area contributed by atoms with Crippen molar-refractivity contribution >= 4 is 29.1 Å². The fourth-order valence-corrected chi connectivity index (χ4v) is 2.99. The molecular weight excluding hydrogens is 289 g/mol. The first-order chi connectivity index (χ1) is 9.40. The van der Waals surface area contributed by atoms with E-state index in [4.69, 9.17) is 4.98 Å². The molecule has 2 aromatic rings. The fourth-order valence-electron chi connectivity index (χ4n) is 2.99. The van der Waals surface area contributed by atoms with Crippen LogP contribution in [-0.2, 0) is 0 Å². The highest BCUT2D eigenvalue weighted by molar-refractivity contribution is 5.85. The number of nitrogens with zero attached hydrogens (tertiary/aromatic N) is 3. The van der Waals surface area contributed by atoms with Crippen molar-refractivity contribution in [2.45, 2.75) is 18.9 Å². The van der Waals surface area contributed by atoms with Crippen molar-refractivity contribution in [3.05, 3.63) is 36.4 Å². The molecule has 1 aliphatic heterocycles. The summed E-state index contributed by atoms with van der Waals surface area (Å²) in [5.41, 5.74) is 1.10. The van der Waals surface area contributed by atoms with Crippen molar-refractivity contribution in [1.82, 2.24) is 9.88 Å². The van der Waals surface area contributed by atoms with Crippen molar-refractivity contribution in [3.8, 4) is 0 Å². The summed E-state index contributed by atoms with van der Waals surface area (Å²) in [5.74, 6) is 1.13. The largest absolute Gasteiger partial charge is 0.354 e. The number of piperazine rings is 1. The SMILES string of the molecule is Cl.F.c1ccc2nc(N3CCN(C4CC4)CC3)ccc2c1. The molecule has 0 spiro atoms. The number of benzene rings is 1. The smallest absolute Gasteiger partial charge is 0.129 e. The normalized spacial score (nSPS) is 19.0. The van der Waals surface area contributed by atoms with Crippen LogP contribution in [0.1, 0.15) is 12.8 Å². The molecule has 114 valence electrons. The van der Waals surface area contributed by atoms with Gasteiger partial charge < -0.3 is 4.90 Å². The van der Waals surface area contributed by atoms with Crippen LogP contribution < -0.4 is 4.90 Å². The second kappa shape index (κ2) is 6.58. The summed E-state index contributed by atoms with van der Waals surface area (Å²) < 4.78 is 0. The van der Waals surface area contributed by atoms with Crippen LogP contribution in [-0.4, -0.2) is 42.1 Å². The van der Waals surface area contributed by atoms with Gasteiger partial charge in [0.15, 0.2) is 0 Å². The van der Waals surface area contributed by atoms with Crippen molar-refractivity contribution in [2.24, 2.45) is 0 Å². The van der Waals surface area contributed by atoms with Crippen molar-refractivity contribution in [1.29, 1.82) is 0 Å². The Morgan fingerprint density at radius 1 is 0.905 bits per heavy atom. The van der Waals surface area contributed by atoms with Gasteiger partial charge in [0, 0.05) is 37.6 Å². The molecule has 1 aromatic heterocycles. The Labute approximate surface area is 130 Å². The van der Waals surface area contributed by atoms with Gasteiger partial charge in [-0.05, 0) is 31.0 Å². The summed E-state index contributed by atoms with van der Waals surface area (Å²) >= 11 is 0. The lowest BCUT2D eigenvalue weighted by Gasteiger charge is -2.35. The second-order valence-electron chi connectivity index (χ2n) is 5.62. The third-order valence-electron chi connectivity index (χ3n) is 4.29. The minimum Gasteiger partial charge on any atom is -0.354 e. The zero-order valence-corrected chi connectivity index (χ0v) is 12.8. The van der Waals surface area contributed by atoms with Crippen molar-refractivity contribution in [2.75, 3.05) is 31.1 Å². The molecule has 1 aromatic carbocycles. The zero-order chi connectivity index (χ0) is 12.7. The Morgan fingerprint density at radius 2 is 1.62 bits per heavy atom. The summed E-state index contributed by atoms with van der Waals surface area (Å²) in [6, 6.07) is 13.6. The third-order valence-corrected chi connectivity index (χ3v) is 4.29. The van der Waals surface area contributed by atoms with E-state index in [2.05, 4.69) is 46.2 Å². The number of fused-ring (bicyclic) bond motifs is 1. The molecule has 3 nitrogen and oxygen atoms in total. The Kier molecular flexibility index (Phi) is 5.01. The maximum Gasteiger partial charge on any atom is 0.129 e. The number of halogens is 2. The molecule has 5 heteroatoms. The van der Waals surface area contributed by atoms with Crippen LogP contribution in [0.4, 0.5) is 10.5 Å². The third kappa shape index (κ3) is 3.27. The first-order valence-corrected chi connectivity index (χ1v) is 7.25. The summed E-state index contributed by atoms with van der Waals surface area (Å²) in [6.07, 6.45) is 2.82. The number of hydrogen-bond donors (Lipinski definition) is 0. The Bertz CT molecular complexity index is 595. The van der Waals surface area contributed by atoms with E-state index in [-0.39, 0.29) is 17.1 Å². The minimum absolute atomic E-state index is 0. The van der Waals surface area contributed by atoms with E-state index in [1.807, 2.05) is 0 Å². The van der Waals surface area contributed by atoms with Crippen LogP contribution in [0.2, 0.25) is 0 Å². The van der Waals surface area contributed by atoms with Crippen molar-refractivity contribution in [3.63, 3.8) is 0 Å². The van der Waals surface area contributed by atoms with E-state index >= 15 is 0 Å². The highest BCUT2D eigenvalue weighted by Gasteiger charge is 2.31. The summed E-state index contributed by atoms with van der Waals surface area (Å²) in [7, 11) is 0. The topological polar surface area (TPSA) is 19.4 Å². The van der Waals surface area contributed by atoms with Gasteiger partial charge >= 0.3 is 0 Å². The van der Waals surface area contributed by atoms with Crippen LogP contribution in [0.15, 0.2) is 36.4 Å². The van der Waals surface area contributed by atoms with Gasteiger partial charge in [-0.1, -0.05) is 18.2 Å². The van der Waals surface area contributed by atoms with Gasteiger partial charge in [0.05, 0.1) is 5.52 Å². The predicted octanol–water partition coefficient (Wildman–Crippen LogP) is 3.09. The number of aromatic nitrogens is 1. The lowest BCUT2D eigenvalue weighted by Crippen LogP contribution is -2.47. The van der Waals surface area contributed by atoms with Crippen molar-refractivity contribution < 1.29 is 4.70 Å². The first-order valence-electron chi connectivity index (χ1n) is 7.25. The van der Waals surface area contributed by atoms with Crippen LogP contribution in [0.5, 0.6) is 0 Å². The van der Waals surface area contributed by atoms with E-state index in [9.17, 15) is 0 Å². The number of rotatable bonds is 2. The highest BCUT2D eigenvalue weighted by Crippen LogP contribution is 2.28. The van der Waals surface area contributed by atoms with Gasteiger partial charge in [0.25, 0.3) is 0 Å². The van der Waals surface area contributed by atoms with Gasteiger partial charge in [0.1, 0.15) is 5.82 Å². The summed E-state index contributed by atoms with van der Waals surface area (Å²) in [4.78, 5) is 9.85. The average molecular weight is 310 g/mol. The number of hydrogen-bond acceptors (Lipinski definition) is 3. The van der Waals surface area contributed by atoms with E-state index in [0.717, 1.165) is 30.5 Å². The Hall–Kier alpha value is -1.39. The van der Waals surface area contributed by atoms with Gasteiger partial charge in [-0.2, -0.15) is 0 Å². The number of anilines is 1. The molecule has 1 saturated carbocycles. The van der Waals surface area contributed by atoms with Crippen LogP contribution in [0, 0.1) is 0 Å². The molecular formula is C16H21ClFN3. The average Bonchev–Trinajstić information content (AvgIpc) is 3.32. The van der Waals surface area contributed by atoms with Gasteiger partial charge in [0.2, 0.25) is 0 Å². The molecule has 0 bridgehead atoms. The van der Waals surface area contributed by atoms with Crippen LogP contribution >= 0.6 is 12.4 Å². The van der Waals surface area contributed by atoms with Gasteiger partial charge in [-0.3, -0.25) is 9.60 Å². The molecule has 2 aliphatic rings. The summed E-state index contributed by atoms with van der Waals surface area (Å²) in [5, 5.41) is 1.22. The molecule has 0 atom stereocenters. The van der Waals surface area contributed by atoms with E-state index in [1.165, 1.54) is 31.3 Å². The molecule has 4 rings (SSSR count). The lowest BCUT2D eigenvalue weighted by atomic mass is 10.2. The van der Waals surface area contributed by atoms with Crippen LogP contribution in [0.25, 0.3) is 10.9 Å². The Balaban J connectivity index is 0.000000807. The van der Waals surface area contributed by atoms with Gasteiger partial charge in [-0.25, -0.2) is 4.98 Å². The summed E-state index contributed by atoms with van der Waals surface area (Å²) in [6.45, 7) is 4.61. The maximum absolute atomic E-state index is 4.79. The monoisotopic (exact) mass is 309 g/mol.